The second kappa shape index (κ2) is 7.12. The monoisotopic (exact) mass is 316 g/mol. The van der Waals surface area contributed by atoms with E-state index < -0.39 is 23.9 Å². The molecule has 1 amide bonds. The van der Waals surface area contributed by atoms with E-state index in [-0.39, 0.29) is 24.6 Å². The van der Waals surface area contributed by atoms with Crippen molar-refractivity contribution < 1.29 is 24.6 Å². The van der Waals surface area contributed by atoms with Gasteiger partial charge in [-0.05, 0) is 26.3 Å². The number of hydrogen-bond donors (Lipinski definition) is 3. The summed E-state index contributed by atoms with van der Waals surface area (Å²) in [6, 6.07) is 0.149. The number of hydrogen-bond acceptors (Lipinski definition) is 3. The van der Waals surface area contributed by atoms with Gasteiger partial charge in [0.05, 0.1) is 5.02 Å². The van der Waals surface area contributed by atoms with Gasteiger partial charge in [-0.3, -0.25) is 9.59 Å². The minimum atomic E-state index is -1.28. The van der Waals surface area contributed by atoms with E-state index >= 15 is 0 Å². The van der Waals surface area contributed by atoms with Gasteiger partial charge in [-0.25, -0.2) is 4.79 Å². The van der Waals surface area contributed by atoms with Gasteiger partial charge in [-0.2, -0.15) is 0 Å². The Labute approximate surface area is 126 Å². The quantitative estimate of drug-likeness (QED) is 0.710. The van der Waals surface area contributed by atoms with Gasteiger partial charge in [0.2, 0.25) is 0 Å². The molecule has 0 aromatic carbocycles. The number of aromatic nitrogens is 1. The molecule has 0 spiro atoms. The van der Waals surface area contributed by atoms with Crippen molar-refractivity contribution in [2.24, 2.45) is 0 Å². The number of carboxylic acids is 2. The number of nitrogens with one attached hydrogen (secondary N) is 1. The largest absolute Gasteiger partial charge is 0.481 e. The average molecular weight is 317 g/mol. The van der Waals surface area contributed by atoms with E-state index in [9.17, 15) is 14.4 Å². The number of nitrogens with zero attached hydrogens (tertiary/aromatic N) is 1. The van der Waals surface area contributed by atoms with Gasteiger partial charge in [0.1, 0.15) is 11.7 Å². The Morgan fingerprint density at radius 3 is 2.43 bits per heavy atom. The maximum Gasteiger partial charge on any atom is 0.326 e. The zero-order valence-corrected chi connectivity index (χ0v) is 12.4. The molecule has 0 aliphatic rings. The zero-order chi connectivity index (χ0) is 16.2. The standard InChI is InChI=1S/C13H17ClN2O5/c1-7(2)16-6-8(14)5-10(16)12(19)15-9(13(20)21)3-4-11(17)18/h5-7,9H,3-4H2,1-2H3,(H,15,19)(H,17,18)(H,20,21). The summed E-state index contributed by atoms with van der Waals surface area (Å²) >= 11 is 5.86. The third kappa shape index (κ3) is 4.78. The predicted octanol–water partition coefficient (Wildman–Crippen LogP) is 1.77. The Morgan fingerprint density at radius 1 is 1.33 bits per heavy atom. The minimum absolute atomic E-state index is 0.0273. The second-order valence-corrected chi connectivity index (χ2v) is 5.28. The highest BCUT2D eigenvalue weighted by atomic mass is 35.5. The number of halogens is 1. The molecule has 8 heteroatoms. The molecule has 7 nitrogen and oxygen atoms in total. The highest BCUT2D eigenvalue weighted by Crippen LogP contribution is 2.19. The highest BCUT2D eigenvalue weighted by Gasteiger charge is 2.23. The molecule has 1 aromatic heterocycles. The summed E-state index contributed by atoms with van der Waals surface area (Å²) in [6.45, 7) is 3.71. The molecule has 0 radical (unpaired) electrons. The van der Waals surface area contributed by atoms with E-state index in [4.69, 9.17) is 21.8 Å². The van der Waals surface area contributed by atoms with Crippen LogP contribution in [0.3, 0.4) is 0 Å². The van der Waals surface area contributed by atoms with Gasteiger partial charge in [0.15, 0.2) is 0 Å². The lowest BCUT2D eigenvalue weighted by Gasteiger charge is -2.16. The van der Waals surface area contributed by atoms with Crippen LogP contribution in [0.1, 0.15) is 43.2 Å². The van der Waals surface area contributed by atoms with Crippen LogP contribution in [0.5, 0.6) is 0 Å². The van der Waals surface area contributed by atoms with Crippen LogP contribution in [-0.4, -0.2) is 38.7 Å². The van der Waals surface area contributed by atoms with Crippen LogP contribution in [0.4, 0.5) is 0 Å². The minimum Gasteiger partial charge on any atom is -0.481 e. The maximum atomic E-state index is 12.1. The summed E-state index contributed by atoms with van der Waals surface area (Å²) in [5, 5.41) is 20.3. The van der Waals surface area contributed by atoms with Gasteiger partial charge in [0, 0.05) is 18.7 Å². The van der Waals surface area contributed by atoms with Crippen molar-refractivity contribution in [2.75, 3.05) is 0 Å². The van der Waals surface area contributed by atoms with E-state index in [1.165, 1.54) is 6.07 Å². The zero-order valence-electron chi connectivity index (χ0n) is 11.7. The predicted molar refractivity (Wildman–Crippen MR) is 75.6 cm³/mol. The first-order chi connectivity index (χ1) is 9.72. The number of carboxylic acid groups (broad SMARTS) is 2. The lowest BCUT2D eigenvalue weighted by atomic mass is 10.1. The van der Waals surface area contributed by atoms with E-state index in [1.807, 2.05) is 13.8 Å². The van der Waals surface area contributed by atoms with E-state index in [1.54, 1.807) is 10.8 Å². The number of carbonyl (C=O) groups is 3. The summed E-state index contributed by atoms with van der Waals surface area (Å²) in [4.78, 5) is 33.7. The van der Waals surface area contributed by atoms with Crippen molar-refractivity contribution in [1.82, 2.24) is 9.88 Å². The third-order valence-corrected chi connectivity index (χ3v) is 3.06. The Kier molecular flexibility index (Phi) is 5.78. The normalized spacial score (nSPS) is 12.2. The topological polar surface area (TPSA) is 109 Å². The van der Waals surface area contributed by atoms with Gasteiger partial charge < -0.3 is 20.1 Å². The second-order valence-electron chi connectivity index (χ2n) is 4.84. The van der Waals surface area contributed by atoms with Crippen LogP contribution in [-0.2, 0) is 9.59 Å². The molecule has 3 N–H and O–H groups in total. The fourth-order valence-electron chi connectivity index (χ4n) is 1.81. The van der Waals surface area contributed by atoms with Crippen molar-refractivity contribution in [3.05, 3.63) is 23.0 Å². The summed E-state index contributed by atoms with van der Waals surface area (Å²) in [7, 11) is 0. The molecule has 0 bridgehead atoms. The van der Waals surface area contributed by atoms with Gasteiger partial charge in [-0.15, -0.1) is 0 Å². The van der Waals surface area contributed by atoms with Gasteiger partial charge in [-0.1, -0.05) is 11.6 Å². The van der Waals surface area contributed by atoms with Crippen LogP contribution < -0.4 is 5.32 Å². The lowest BCUT2D eigenvalue weighted by Crippen LogP contribution is -2.41. The molecule has 1 aromatic rings. The van der Waals surface area contributed by atoms with Crippen molar-refractivity contribution in [3.8, 4) is 0 Å². The van der Waals surface area contributed by atoms with Crippen molar-refractivity contribution in [3.63, 3.8) is 0 Å². The summed E-state index contributed by atoms with van der Waals surface area (Å²) < 4.78 is 1.62. The SMILES string of the molecule is CC(C)n1cc(Cl)cc1C(=O)NC(CCC(=O)O)C(=O)O. The highest BCUT2D eigenvalue weighted by molar-refractivity contribution is 6.31. The van der Waals surface area contributed by atoms with E-state index in [0.717, 1.165) is 0 Å². The van der Waals surface area contributed by atoms with Crippen molar-refractivity contribution in [1.29, 1.82) is 0 Å². The number of amides is 1. The smallest absolute Gasteiger partial charge is 0.326 e. The van der Waals surface area contributed by atoms with Crippen LogP contribution in [0.15, 0.2) is 12.3 Å². The maximum absolute atomic E-state index is 12.1. The van der Waals surface area contributed by atoms with E-state index in [0.29, 0.717) is 5.02 Å². The molecule has 1 rings (SSSR count). The molecular weight excluding hydrogens is 300 g/mol. The van der Waals surface area contributed by atoms with Crippen LogP contribution >= 0.6 is 11.6 Å². The molecule has 0 saturated heterocycles. The molecular formula is C13H17ClN2O5. The fraction of sp³-hybridized carbons (Fsp3) is 0.462. The number of rotatable bonds is 7. The molecule has 21 heavy (non-hydrogen) atoms. The van der Waals surface area contributed by atoms with Crippen LogP contribution in [0.2, 0.25) is 5.02 Å². The van der Waals surface area contributed by atoms with Crippen molar-refractivity contribution in [2.45, 2.75) is 38.8 Å². The summed E-state index contributed by atoms with van der Waals surface area (Å²) in [5.74, 6) is -3.00. The third-order valence-electron chi connectivity index (χ3n) is 2.85. The summed E-state index contributed by atoms with van der Waals surface area (Å²) in [6.07, 6.45) is 1.05. The summed E-state index contributed by atoms with van der Waals surface area (Å²) in [5.41, 5.74) is 0.233. The Hall–Kier alpha value is -2.02. The Balaban J connectivity index is 2.87. The van der Waals surface area contributed by atoms with Crippen LogP contribution in [0.25, 0.3) is 0 Å². The number of carbonyl (C=O) groups excluding carboxylic acids is 1. The molecule has 0 fully saturated rings. The molecule has 1 unspecified atom stereocenters. The molecule has 1 heterocycles. The Bertz CT molecular complexity index is 553. The van der Waals surface area contributed by atoms with Crippen molar-refractivity contribution >= 4 is 29.4 Å². The average Bonchev–Trinajstić information content (AvgIpc) is 2.76. The lowest BCUT2D eigenvalue weighted by molar-refractivity contribution is -0.140. The Morgan fingerprint density at radius 2 is 1.95 bits per heavy atom. The first-order valence-corrected chi connectivity index (χ1v) is 6.73. The van der Waals surface area contributed by atoms with Gasteiger partial charge >= 0.3 is 11.9 Å². The van der Waals surface area contributed by atoms with E-state index in [2.05, 4.69) is 5.32 Å². The van der Waals surface area contributed by atoms with Crippen LogP contribution in [0, 0.1) is 0 Å². The molecule has 116 valence electrons. The first kappa shape index (κ1) is 17.0. The van der Waals surface area contributed by atoms with Gasteiger partial charge in [0.25, 0.3) is 5.91 Å². The number of aliphatic carboxylic acids is 2. The fourth-order valence-corrected chi connectivity index (χ4v) is 2.02. The molecule has 1 atom stereocenters. The molecule has 0 aliphatic carbocycles. The molecule has 0 aliphatic heterocycles. The molecule has 0 saturated carbocycles. The first-order valence-electron chi connectivity index (χ1n) is 6.35.